The van der Waals surface area contributed by atoms with Gasteiger partial charge in [0.15, 0.2) is 13.9 Å². The highest BCUT2D eigenvalue weighted by molar-refractivity contribution is 6.74. The second kappa shape index (κ2) is 12.2. The third-order valence-electron chi connectivity index (χ3n) is 10.4. The normalized spacial score (nSPS) is 23.2. The lowest BCUT2D eigenvalue weighted by Crippen LogP contribution is -2.85. The van der Waals surface area contributed by atoms with Gasteiger partial charge in [-0.15, -0.1) is 0 Å². The summed E-state index contributed by atoms with van der Waals surface area (Å²) < 4.78 is 64.2. The lowest BCUT2D eigenvalue weighted by molar-refractivity contribution is -0.397. The number of rotatable bonds is 7. The van der Waals surface area contributed by atoms with Gasteiger partial charge >= 0.3 is 12.3 Å². The summed E-state index contributed by atoms with van der Waals surface area (Å²) in [6, 6.07) is 30.3. The molecule has 2 aliphatic rings. The first-order valence-electron chi connectivity index (χ1n) is 17.0. The molecule has 4 aromatic carbocycles. The van der Waals surface area contributed by atoms with Gasteiger partial charge in [0.2, 0.25) is 5.78 Å². The number of amides is 1. The maximum Gasteiger partial charge on any atom is 0.419 e. The fourth-order valence-electron chi connectivity index (χ4n) is 7.12. The lowest BCUT2D eigenvalue weighted by atomic mass is 9.53. The zero-order valence-electron chi connectivity index (χ0n) is 30.2. The van der Waals surface area contributed by atoms with Crippen molar-refractivity contribution in [3.8, 4) is 0 Å². The zero-order valence-corrected chi connectivity index (χ0v) is 31.2. The van der Waals surface area contributed by atoms with Crippen LogP contribution in [-0.4, -0.2) is 31.7 Å². The van der Waals surface area contributed by atoms with Gasteiger partial charge < -0.3 is 13.9 Å². The molecule has 1 amide bonds. The van der Waals surface area contributed by atoms with E-state index in [4.69, 9.17) is 13.9 Å². The van der Waals surface area contributed by atoms with Gasteiger partial charge in [-0.3, -0.25) is 4.79 Å². The highest BCUT2D eigenvalue weighted by Gasteiger charge is 2.88. The van der Waals surface area contributed by atoms with Crippen LogP contribution in [0.15, 0.2) is 109 Å². The van der Waals surface area contributed by atoms with Crippen molar-refractivity contribution in [3.63, 3.8) is 0 Å². The molecule has 0 N–H and O–H groups in total. The fraction of sp³-hybridized carbons (Fsp3) is 0.366. The van der Waals surface area contributed by atoms with Crippen molar-refractivity contribution in [3.05, 3.63) is 137 Å². The number of nitrogens with zero attached hydrogens (tertiary/aromatic N) is 1. The molecule has 51 heavy (non-hydrogen) atoms. The minimum atomic E-state index is -4.74. The monoisotopic (exact) mass is 715 g/mol. The number of ether oxygens (including phenoxy) is 2. The Morgan fingerprint density at radius 2 is 1.33 bits per heavy atom. The topological polar surface area (TPSA) is 65.1 Å². The van der Waals surface area contributed by atoms with Crippen molar-refractivity contribution < 1.29 is 36.7 Å². The predicted octanol–water partition coefficient (Wildman–Crippen LogP) is 10.4. The van der Waals surface area contributed by atoms with E-state index in [1.54, 1.807) is 75.4 Å². The van der Waals surface area contributed by atoms with E-state index in [1.807, 2.05) is 70.3 Å². The average Bonchev–Trinajstić information content (AvgIpc) is 3.22. The van der Waals surface area contributed by atoms with Crippen LogP contribution in [0, 0.1) is 0 Å². The fourth-order valence-corrected chi connectivity index (χ4v) is 8.43. The molecule has 0 aromatic heterocycles. The van der Waals surface area contributed by atoms with Gasteiger partial charge in [0.1, 0.15) is 11.0 Å². The molecule has 1 saturated heterocycles. The van der Waals surface area contributed by atoms with Crippen LogP contribution in [0.25, 0.3) is 0 Å². The SMILES string of the molecule is CC(C)(C)OC(=O)N1c2cc(C(F)(F)F)ccc2[C@]2(Cc3ccccc3)[C@@]1(O[Si](C)(C)C(C)(C)C)O[C@@]2(C(=O)c1ccccc1)c1ccccc1. The number of anilines is 1. The maximum atomic E-state index is 15.4. The Bertz CT molecular complexity index is 1940. The lowest BCUT2D eigenvalue weighted by Gasteiger charge is -2.68. The number of ketones is 1. The molecule has 3 atom stereocenters. The van der Waals surface area contributed by atoms with Gasteiger partial charge in [0, 0.05) is 5.56 Å². The van der Waals surface area contributed by atoms with Gasteiger partial charge in [-0.05, 0) is 74.1 Å². The second-order valence-corrected chi connectivity index (χ2v) is 20.6. The smallest absolute Gasteiger partial charge is 0.419 e. The van der Waals surface area contributed by atoms with Crippen LogP contribution in [0.1, 0.15) is 74.2 Å². The van der Waals surface area contributed by atoms with Gasteiger partial charge in [0.05, 0.1) is 11.3 Å². The van der Waals surface area contributed by atoms with Gasteiger partial charge in [-0.25, -0.2) is 9.69 Å². The zero-order chi connectivity index (χ0) is 37.3. The molecule has 6 rings (SSSR count). The molecule has 268 valence electrons. The summed E-state index contributed by atoms with van der Waals surface area (Å²) in [5, 5.41) is -0.455. The number of carbonyl (C=O) groups is 2. The third kappa shape index (κ3) is 5.72. The number of hydrogen-bond donors (Lipinski definition) is 0. The average molecular weight is 716 g/mol. The van der Waals surface area contributed by atoms with Crippen LogP contribution in [0.2, 0.25) is 18.1 Å². The summed E-state index contributed by atoms with van der Waals surface area (Å²) in [6.45, 7) is 15.1. The molecular formula is C41H44F3NO5Si. The molecule has 0 unspecified atom stereocenters. The van der Waals surface area contributed by atoms with E-state index >= 15 is 4.79 Å². The van der Waals surface area contributed by atoms with Gasteiger partial charge in [0.25, 0.3) is 5.91 Å². The largest absolute Gasteiger partial charge is 0.443 e. The summed E-state index contributed by atoms with van der Waals surface area (Å²) in [5.41, 5.74) is -3.71. The summed E-state index contributed by atoms with van der Waals surface area (Å²) in [7, 11) is -3.02. The van der Waals surface area contributed by atoms with E-state index in [9.17, 15) is 18.0 Å². The summed E-state index contributed by atoms with van der Waals surface area (Å²) in [4.78, 5) is 31.3. The van der Waals surface area contributed by atoms with Gasteiger partial charge in [-0.2, -0.15) is 13.2 Å². The number of alkyl halides is 3. The minimum Gasteiger partial charge on any atom is -0.443 e. The third-order valence-corrected chi connectivity index (χ3v) is 14.8. The number of hydrogen-bond acceptors (Lipinski definition) is 5. The van der Waals surface area contributed by atoms with E-state index in [0.717, 1.165) is 22.6 Å². The molecule has 6 nitrogen and oxygen atoms in total. The summed E-state index contributed by atoms with van der Waals surface area (Å²) >= 11 is 0. The van der Waals surface area contributed by atoms with E-state index in [1.165, 1.54) is 6.07 Å². The van der Waals surface area contributed by atoms with Crippen molar-refractivity contribution >= 4 is 25.9 Å². The van der Waals surface area contributed by atoms with E-state index in [2.05, 4.69) is 0 Å². The molecule has 0 spiro atoms. The maximum absolute atomic E-state index is 15.4. The first-order valence-corrected chi connectivity index (χ1v) is 20.0. The molecule has 0 radical (unpaired) electrons. The number of benzene rings is 4. The van der Waals surface area contributed by atoms with Crippen LogP contribution < -0.4 is 4.90 Å². The molecule has 1 fully saturated rings. The van der Waals surface area contributed by atoms with Crippen molar-refractivity contribution in [1.82, 2.24) is 0 Å². The molecule has 0 aliphatic carbocycles. The molecular weight excluding hydrogens is 672 g/mol. The van der Waals surface area contributed by atoms with Crippen LogP contribution in [0.5, 0.6) is 0 Å². The Balaban J connectivity index is 1.80. The van der Waals surface area contributed by atoms with Crippen LogP contribution in [0.3, 0.4) is 0 Å². The van der Waals surface area contributed by atoms with Crippen molar-refractivity contribution in [2.24, 2.45) is 0 Å². The Kier molecular flexibility index (Phi) is 8.72. The number of carbonyl (C=O) groups excluding carboxylic acids is 2. The summed E-state index contributed by atoms with van der Waals surface area (Å²) in [6.07, 6.45) is -5.63. The van der Waals surface area contributed by atoms with Crippen molar-refractivity contribution in [2.75, 3.05) is 4.90 Å². The van der Waals surface area contributed by atoms with E-state index < -0.39 is 59.5 Å². The molecule has 0 bridgehead atoms. The van der Waals surface area contributed by atoms with E-state index in [0.29, 0.717) is 16.7 Å². The Labute approximate surface area is 298 Å². The minimum absolute atomic E-state index is 0.0631. The molecule has 4 aromatic rings. The number of fused-ring (bicyclic) bond motifs is 3. The highest BCUT2D eigenvalue weighted by atomic mass is 28.4. The number of halogens is 3. The molecule has 2 aliphatic heterocycles. The predicted molar refractivity (Wildman–Crippen MR) is 193 cm³/mol. The Morgan fingerprint density at radius 3 is 1.86 bits per heavy atom. The number of Topliss-reactive ketones (excluding diaryl/α,β-unsaturated/α-hetero) is 1. The first-order chi connectivity index (χ1) is 23.7. The van der Waals surface area contributed by atoms with Gasteiger partial charge in [-0.1, -0.05) is 118 Å². The summed E-state index contributed by atoms with van der Waals surface area (Å²) in [5.74, 6) is -2.53. The van der Waals surface area contributed by atoms with Crippen molar-refractivity contribution in [2.45, 2.75) is 94.8 Å². The van der Waals surface area contributed by atoms with Crippen molar-refractivity contribution in [1.29, 1.82) is 0 Å². The second-order valence-electron chi connectivity index (χ2n) is 15.9. The van der Waals surface area contributed by atoms with Crippen LogP contribution in [-0.2, 0) is 37.5 Å². The molecule has 10 heteroatoms. The quantitative estimate of drug-likeness (QED) is 0.141. The molecule has 2 heterocycles. The van der Waals surface area contributed by atoms with Crippen LogP contribution >= 0.6 is 0 Å². The highest BCUT2D eigenvalue weighted by Crippen LogP contribution is 2.74. The first kappa shape index (κ1) is 36.5. The molecule has 0 saturated carbocycles. The standard InChI is InChI=1S/C41H44F3NO5Si/c1-36(2,3)48-35(47)45-33-26-31(40(42,43)44)24-25-32(33)38(27-28-18-12-9-13-19-28)39(30-22-16-11-17-23-30,34(46)29-20-14-10-15-21-29)49-41(38,45)50-51(7,8)37(4,5)6/h9-26H,27H2,1-8H3/t38-,39+,41-/m0/s1. The van der Waals surface area contributed by atoms with E-state index in [-0.39, 0.29) is 12.1 Å². The Morgan fingerprint density at radius 1 is 0.784 bits per heavy atom. The van der Waals surface area contributed by atoms with Crippen LogP contribution in [0.4, 0.5) is 23.7 Å². The Hall–Kier alpha value is -4.25.